The molecule has 0 amide bonds. The summed E-state index contributed by atoms with van der Waals surface area (Å²) in [5.74, 6) is -7.11. The molecule has 3 fully saturated rings. The van der Waals surface area contributed by atoms with Crippen LogP contribution in [0.25, 0.3) is 0 Å². The standard InChI is InChI=1S/C78H80O22/c1-3-4-5-6-7-8-9-31-46-88-76-62(80)65(100-78-67(98-74(86)56-42-27-15-28-43-56)63(95-71(83)53-36-21-12-22-37-53)50(2)58(92-78)47-89-69(81)51-32-17-10-18-33-51)61(79)59(93-76)48-91-77-68(99-75(87)57-44-29-16-30-45-57)66(97-73(85)55-40-25-14-26-41-55)64(96-72(84)54-38-23-13-24-39-54)60(94-77)49-90-70(82)52-34-19-11-20-35-52/h3,10-30,32-45,50,58-68,76-80H,1,4-9,31,46-49H2,2H3. The van der Waals surface area contributed by atoms with E-state index in [0.29, 0.717) is 6.42 Å². The summed E-state index contributed by atoms with van der Waals surface area (Å²) in [6.45, 7) is 3.54. The van der Waals surface area contributed by atoms with Gasteiger partial charge in [0, 0.05) is 12.5 Å². The Kier molecular flexibility index (Phi) is 26.9. The summed E-state index contributed by atoms with van der Waals surface area (Å²) in [5.41, 5.74) is 0.696. The monoisotopic (exact) mass is 1370 g/mol. The highest BCUT2D eigenvalue weighted by Crippen LogP contribution is 2.38. The average molecular weight is 1370 g/mol. The fourth-order valence-corrected chi connectivity index (χ4v) is 11.6. The van der Waals surface area contributed by atoms with Crippen molar-refractivity contribution in [2.75, 3.05) is 26.4 Å². The van der Waals surface area contributed by atoms with Gasteiger partial charge < -0.3 is 71.8 Å². The van der Waals surface area contributed by atoms with E-state index in [1.165, 1.54) is 72.8 Å². The molecule has 0 aliphatic carbocycles. The molecule has 2 N–H and O–H groups in total. The molecule has 3 aliphatic rings. The summed E-state index contributed by atoms with van der Waals surface area (Å²) in [6, 6.07) is 55.5. The van der Waals surface area contributed by atoms with Gasteiger partial charge in [-0.1, -0.05) is 166 Å². The zero-order valence-electron chi connectivity index (χ0n) is 55.0. The van der Waals surface area contributed by atoms with Crippen molar-refractivity contribution in [2.45, 2.75) is 138 Å². The number of carbonyl (C=O) groups excluding carboxylic acids is 7. The molecule has 0 saturated carbocycles. The van der Waals surface area contributed by atoms with Gasteiger partial charge in [0.1, 0.15) is 55.9 Å². The van der Waals surface area contributed by atoms with Crippen LogP contribution in [0.2, 0.25) is 0 Å². The maximum absolute atomic E-state index is 14.5. The van der Waals surface area contributed by atoms with E-state index in [9.17, 15) is 43.8 Å². The van der Waals surface area contributed by atoms with Crippen LogP contribution in [-0.4, -0.2) is 164 Å². The Bertz CT molecular complexity index is 3740. The van der Waals surface area contributed by atoms with Crippen molar-refractivity contribution in [1.29, 1.82) is 0 Å². The minimum atomic E-state index is -1.98. The first-order valence-corrected chi connectivity index (χ1v) is 33.3. The lowest BCUT2D eigenvalue weighted by Gasteiger charge is -2.48. The Balaban J connectivity index is 1.01. The third-order valence-electron chi connectivity index (χ3n) is 17.1. The van der Waals surface area contributed by atoms with E-state index in [-0.39, 0.29) is 45.6 Å². The van der Waals surface area contributed by atoms with Crippen LogP contribution < -0.4 is 0 Å². The summed E-state index contributed by atoms with van der Waals surface area (Å²) < 4.78 is 82.5. The van der Waals surface area contributed by atoms with Crippen molar-refractivity contribution in [2.24, 2.45) is 5.92 Å². The zero-order valence-corrected chi connectivity index (χ0v) is 55.0. The van der Waals surface area contributed by atoms with Gasteiger partial charge in [-0.25, -0.2) is 33.6 Å². The van der Waals surface area contributed by atoms with Gasteiger partial charge in [0.15, 0.2) is 43.3 Å². The minimum absolute atomic E-state index is 0.0239. The summed E-state index contributed by atoms with van der Waals surface area (Å²) in [6.07, 6.45) is -16.3. The fraction of sp³-hybridized carbons (Fsp3) is 0.346. The molecule has 0 spiro atoms. The van der Waals surface area contributed by atoms with Crippen LogP contribution in [0.3, 0.4) is 0 Å². The number of carbonyl (C=O) groups is 7. The first-order chi connectivity index (χ1) is 48.7. The van der Waals surface area contributed by atoms with Gasteiger partial charge in [-0.3, -0.25) is 0 Å². The smallest absolute Gasteiger partial charge is 0.338 e. The zero-order chi connectivity index (χ0) is 70.2. The van der Waals surface area contributed by atoms with Crippen molar-refractivity contribution in [1.82, 2.24) is 0 Å². The molecule has 22 nitrogen and oxygen atoms in total. The number of ether oxygens (including phenoxy) is 13. The lowest BCUT2D eigenvalue weighted by atomic mass is 9.90. The molecule has 0 aromatic heterocycles. The van der Waals surface area contributed by atoms with E-state index in [4.69, 9.17) is 61.6 Å². The lowest BCUT2D eigenvalue weighted by Crippen LogP contribution is -2.65. The highest BCUT2D eigenvalue weighted by atomic mass is 16.8. The van der Waals surface area contributed by atoms with Crippen LogP contribution >= 0.6 is 0 Å². The number of unbranched alkanes of at least 4 members (excludes halogenated alkanes) is 6. The van der Waals surface area contributed by atoms with Crippen LogP contribution in [0, 0.1) is 5.92 Å². The van der Waals surface area contributed by atoms with Crippen molar-refractivity contribution in [3.05, 3.63) is 264 Å². The number of aliphatic hydroxyl groups excluding tert-OH is 2. The molecule has 3 heterocycles. The van der Waals surface area contributed by atoms with Crippen LogP contribution in [0.1, 0.15) is 124 Å². The number of hydrogen-bond donors (Lipinski definition) is 2. The van der Waals surface area contributed by atoms with Crippen molar-refractivity contribution >= 4 is 41.8 Å². The maximum atomic E-state index is 14.5. The van der Waals surface area contributed by atoms with Gasteiger partial charge in [-0.2, -0.15) is 0 Å². The second-order valence-electron chi connectivity index (χ2n) is 24.1. The van der Waals surface area contributed by atoms with Crippen molar-refractivity contribution < 1.29 is 105 Å². The first-order valence-electron chi connectivity index (χ1n) is 33.3. The molecule has 100 heavy (non-hydrogen) atoms. The minimum Gasteiger partial charge on any atom is -0.459 e. The molecule has 22 heteroatoms. The Labute approximate surface area is 578 Å². The van der Waals surface area contributed by atoms with E-state index < -0.39 is 154 Å². The third-order valence-corrected chi connectivity index (χ3v) is 17.1. The number of hydrogen-bond acceptors (Lipinski definition) is 22. The molecule has 3 aliphatic heterocycles. The van der Waals surface area contributed by atoms with Crippen molar-refractivity contribution in [3.8, 4) is 0 Å². The summed E-state index contributed by atoms with van der Waals surface area (Å²) in [5, 5.41) is 25.4. The molecular formula is C78H80O22. The largest absolute Gasteiger partial charge is 0.459 e. The molecule has 0 radical (unpaired) electrons. The number of esters is 7. The van der Waals surface area contributed by atoms with Gasteiger partial charge in [0.25, 0.3) is 0 Å². The van der Waals surface area contributed by atoms with Gasteiger partial charge in [-0.05, 0) is 104 Å². The van der Waals surface area contributed by atoms with Gasteiger partial charge in [0.2, 0.25) is 0 Å². The number of rotatable bonds is 31. The first kappa shape index (κ1) is 73.0. The van der Waals surface area contributed by atoms with Crippen LogP contribution in [-0.2, 0) is 61.6 Å². The Morgan fingerprint density at radius 3 is 1.12 bits per heavy atom. The molecule has 7 aromatic rings. The molecule has 524 valence electrons. The highest BCUT2D eigenvalue weighted by molar-refractivity contribution is 5.93. The van der Waals surface area contributed by atoms with Gasteiger partial charge in [0.05, 0.1) is 45.6 Å². The molecular weight excluding hydrogens is 1290 g/mol. The normalized spacial score (nSPS) is 24.8. The predicted octanol–water partition coefficient (Wildman–Crippen LogP) is 10.7. The van der Waals surface area contributed by atoms with E-state index >= 15 is 0 Å². The summed E-state index contributed by atoms with van der Waals surface area (Å²) >= 11 is 0. The number of benzene rings is 7. The predicted molar refractivity (Wildman–Crippen MR) is 358 cm³/mol. The van der Waals surface area contributed by atoms with Crippen molar-refractivity contribution in [3.63, 3.8) is 0 Å². The molecule has 15 atom stereocenters. The van der Waals surface area contributed by atoms with Gasteiger partial charge >= 0.3 is 41.8 Å². The Morgan fingerprint density at radius 1 is 0.350 bits per heavy atom. The molecule has 7 aromatic carbocycles. The lowest BCUT2D eigenvalue weighted by molar-refractivity contribution is -0.362. The maximum Gasteiger partial charge on any atom is 0.338 e. The molecule has 10 rings (SSSR count). The fourth-order valence-electron chi connectivity index (χ4n) is 11.6. The highest BCUT2D eigenvalue weighted by Gasteiger charge is 2.57. The topological polar surface area (TPSA) is 280 Å². The second-order valence-corrected chi connectivity index (χ2v) is 24.1. The van der Waals surface area contributed by atoms with E-state index in [0.717, 1.165) is 38.5 Å². The van der Waals surface area contributed by atoms with E-state index in [2.05, 4.69) is 6.58 Å². The van der Waals surface area contributed by atoms with E-state index in [1.54, 1.807) is 146 Å². The average Bonchev–Trinajstić information content (AvgIpc) is 0.798. The molecule has 0 bridgehead atoms. The van der Waals surface area contributed by atoms with E-state index in [1.807, 2.05) is 6.08 Å². The quantitative estimate of drug-likeness (QED) is 0.0177. The Morgan fingerprint density at radius 2 is 0.690 bits per heavy atom. The SMILES string of the molecule is C=CCCCCCCCCOC1OC(COC2OC(COC(=O)c3ccccc3)C(OC(=O)c3ccccc3)C(OC(=O)c3ccccc3)C2OC(=O)c2ccccc2)C(O)C(OC2OC(COC(=O)c3ccccc3)C(C)C(OC(=O)c3ccccc3)C2OC(=O)c2ccccc2)C1O. The van der Waals surface area contributed by atoms with Crippen LogP contribution in [0.15, 0.2) is 225 Å². The number of allylic oxidation sites excluding steroid dienone is 1. The number of aliphatic hydroxyl groups is 2. The Hall–Kier alpha value is -9.75. The summed E-state index contributed by atoms with van der Waals surface area (Å²) in [7, 11) is 0. The summed E-state index contributed by atoms with van der Waals surface area (Å²) in [4.78, 5) is 99.2. The second kappa shape index (κ2) is 36.9. The van der Waals surface area contributed by atoms with Crippen LogP contribution in [0.4, 0.5) is 0 Å². The van der Waals surface area contributed by atoms with Gasteiger partial charge in [-0.15, -0.1) is 6.58 Å². The third kappa shape index (κ3) is 19.8. The van der Waals surface area contributed by atoms with Crippen LogP contribution in [0.5, 0.6) is 0 Å². The molecule has 3 saturated heterocycles. The molecule has 15 unspecified atom stereocenters.